The summed E-state index contributed by atoms with van der Waals surface area (Å²) in [6, 6.07) is 6.05. The zero-order valence-corrected chi connectivity index (χ0v) is 9.62. The van der Waals surface area contributed by atoms with Gasteiger partial charge in [-0.15, -0.1) is 0 Å². The third-order valence-electron chi connectivity index (χ3n) is 2.43. The van der Waals surface area contributed by atoms with Crippen molar-refractivity contribution in [2.75, 3.05) is 14.2 Å². The molecular formula is C12H19NO2. The van der Waals surface area contributed by atoms with Crippen LogP contribution < -0.4 is 15.2 Å². The number of benzene rings is 1. The molecule has 3 heteroatoms. The van der Waals surface area contributed by atoms with Gasteiger partial charge in [0.25, 0.3) is 0 Å². The molecule has 0 aromatic heterocycles. The highest BCUT2D eigenvalue weighted by Crippen LogP contribution is 2.23. The van der Waals surface area contributed by atoms with Crippen LogP contribution in [-0.2, 0) is 6.42 Å². The van der Waals surface area contributed by atoms with E-state index < -0.39 is 0 Å². The van der Waals surface area contributed by atoms with Gasteiger partial charge in [-0.2, -0.15) is 0 Å². The lowest BCUT2D eigenvalue weighted by Gasteiger charge is -2.11. The summed E-state index contributed by atoms with van der Waals surface area (Å²) in [6.07, 6.45) is 1.82. The first-order valence-electron chi connectivity index (χ1n) is 5.17. The first-order chi connectivity index (χ1) is 7.19. The number of hydrogen-bond donors (Lipinski definition) is 1. The van der Waals surface area contributed by atoms with Gasteiger partial charge in [0.2, 0.25) is 0 Å². The summed E-state index contributed by atoms with van der Waals surface area (Å²) >= 11 is 0. The van der Waals surface area contributed by atoms with E-state index in [4.69, 9.17) is 15.2 Å². The van der Waals surface area contributed by atoms with Gasteiger partial charge in [-0.25, -0.2) is 0 Å². The molecule has 2 N–H and O–H groups in total. The van der Waals surface area contributed by atoms with Crippen molar-refractivity contribution < 1.29 is 9.47 Å². The fraction of sp³-hybridized carbons (Fsp3) is 0.500. The highest BCUT2D eigenvalue weighted by molar-refractivity contribution is 5.38. The average molecular weight is 209 g/mol. The van der Waals surface area contributed by atoms with E-state index in [1.54, 1.807) is 14.2 Å². The minimum Gasteiger partial charge on any atom is -0.497 e. The van der Waals surface area contributed by atoms with Crippen molar-refractivity contribution >= 4 is 0 Å². The van der Waals surface area contributed by atoms with Gasteiger partial charge in [-0.3, -0.25) is 0 Å². The fourth-order valence-corrected chi connectivity index (χ4v) is 1.43. The van der Waals surface area contributed by atoms with Gasteiger partial charge in [0.1, 0.15) is 11.5 Å². The topological polar surface area (TPSA) is 44.5 Å². The Bertz CT molecular complexity index is 290. The Balaban J connectivity index is 2.86. The number of ether oxygens (including phenoxy) is 2. The zero-order valence-electron chi connectivity index (χ0n) is 9.62. The van der Waals surface area contributed by atoms with Crippen LogP contribution in [0.2, 0.25) is 0 Å². The molecule has 0 saturated carbocycles. The Morgan fingerprint density at radius 2 is 1.67 bits per heavy atom. The van der Waals surface area contributed by atoms with Crippen LogP contribution in [0, 0.1) is 0 Å². The predicted octanol–water partition coefficient (Wildman–Crippen LogP) is 1.98. The molecule has 0 unspecified atom stereocenters. The number of nitrogens with two attached hydrogens (primary N) is 1. The van der Waals surface area contributed by atoms with Gasteiger partial charge in [-0.05, 0) is 30.5 Å². The van der Waals surface area contributed by atoms with Crippen LogP contribution in [0.5, 0.6) is 11.5 Å². The van der Waals surface area contributed by atoms with Gasteiger partial charge in [-0.1, -0.05) is 6.92 Å². The van der Waals surface area contributed by atoms with Gasteiger partial charge >= 0.3 is 0 Å². The molecule has 0 saturated heterocycles. The first kappa shape index (κ1) is 11.9. The Hall–Kier alpha value is -1.22. The minimum absolute atomic E-state index is 0.196. The lowest BCUT2D eigenvalue weighted by Crippen LogP contribution is -2.21. The molecule has 0 fully saturated rings. The number of rotatable bonds is 5. The quantitative estimate of drug-likeness (QED) is 0.806. The minimum atomic E-state index is 0.196. The molecule has 0 spiro atoms. The van der Waals surface area contributed by atoms with Gasteiger partial charge in [0, 0.05) is 12.1 Å². The average Bonchev–Trinajstić information content (AvgIpc) is 2.28. The second-order valence-electron chi connectivity index (χ2n) is 3.59. The molecule has 1 atom stereocenters. The normalized spacial score (nSPS) is 12.3. The third-order valence-corrected chi connectivity index (χ3v) is 2.43. The van der Waals surface area contributed by atoms with Crippen molar-refractivity contribution in [3.63, 3.8) is 0 Å². The van der Waals surface area contributed by atoms with Gasteiger partial charge < -0.3 is 15.2 Å². The lowest BCUT2D eigenvalue weighted by atomic mass is 10.0. The summed E-state index contributed by atoms with van der Waals surface area (Å²) in [7, 11) is 3.30. The molecule has 84 valence electrons. The summed E-state index contributed by atoms with van der Waals surface area (Å²) in [5.74, 6) is 1.63. The smallest absolute Gasteiger partial charge is 0.122 e. The van der Waals surface area contributed by atoms with Crippen LogP contribution in [0.25, 0.3) is 0 Å². The first-order valence-corrected chi connectivity index (χ1v) is 5.17. The SMILES string of the molecule is CC[C@@H](N)Cc1cc(OC)cc(OC)c1. The van der Waals surface area contributed by atoms with Crippen LogP contribution in [0.1, 0.15) is 18.9 Å². The monoisotopic (exact) mass is 209 g/mol. The number of hydrogen-bond acceptors (Lipinski definition) is 3. The van der Waals surface area contributed by atoms with Crippen molar-refractivity contribution in [1.82, 2.24) is 0 Å². The Morgan fingerprint density at radius 3 is 2.07 bits per heavy atom. The number of methoxy groups -OCH3 is 2. The van der Waals surface area contributed by atoms with Crippen molar-refractivity contribution in [1.29, 1.82) is 0 Å². The molecule has 15 heavy (non-hydrogen) atoms. The van der Waals surface area contributed by atoms with E-state index in [-0.39, 0.29) is 6.04 Å². The second-order valence-corrected chi connectivity index (χ2v) is 3.59. The standard InChI is InChI=1S/C12H19NO2/c1-4-10(13)5-9-6-11(14-2)8-12(7-9)15-3/h6-8,10H,4-5,13H2,1-3H3/t10-/m1/s1. The van der Waals surface area contributed by atoms with Crippen LogP contribution in [0.3, 0.4) is 0 Å². The van der Waals surface area contributed by atoms with E-state index in [9.17, 15) is 0 Å². The summed E-state index contributed by atoms with van der Waals surface area (Å²) in [5, 5.41) is 0. The van der Waals surface area contributed by atoms with E-state index in [2.05, 4.69) is 6.92 Å². The maximum Gasteiger partial charge on any atom is 0.122 e. The van der Waals surface area contributed by atoms with Crippen LogP contribution in [-0.4, -0.2) is 20.3 Å². The molecule has 0 aliphatic heterocycles. The molecule has 1 rings (SSSR count). The highest BCUT2D eigenvalue weighted by Gasteiger charge is 2.05. The second kappa shape index (κ2) is 5.61. The summed E-state index contributed by atoms with van der Waals surface area (Å²) in [6.45, 7) is 2.09. The van der Waals surface area contributed by atoms with Crippen molar-refractivity contribution in [2.24, 2.45) is 5.73 Å². The molecule has 0 heterocycles. The highest BCUT2D eigenvalue weighted by atomic mass is 16.5. The van der Waals surface area contributed by atoms with Gasteiger partial charge in [0.15, 0.2) is 0 Å². The predicted molar refractivity (Wildman–Crippen MR) is 61.5 cm³/mol. The Labute approximate surface area is 91.2 Å². The molecule has 0 aliphatic carbocycles. The molecule has 0 amide bonds. The van der Waals surface area contributed by atoms with E-state index in [0.717, 1.165) is 29.9 Å². The largest absolute Gasteiger partial charge is 0.497 e. The molecule has 3 nitrogen and oxygen atoms in total. The molecule has 1 aromatic rings. The van der Waals surface area contributed by atoms with E-state index in [1.807, 2.05) is 18.2 Å². The maximum absolute atomic E-state index is 5.91. The molecule has 0 radical (unpaired) electrons. The van der Waals surface area contributed by atoms with Gasteiger partial charge in [0.05, 0.1) is 14.2 Å². The molecule has 0 aliphatic rings. The van der Waals surface area contributed by atoms with Crippen molar-refractivity contribution in [2.45, 2.75) is 25.8 Å². The molecular weight excluding hydrogens is 190 g/mol. The zero-order chi connectivity index (χ0) is 11.3. The summed E-state index contributed by atoms with van der Waals surface area (Å²) in [5.41, 5.74) is 7.06. The van der Waals surface area contributed by atoms with E-state index in [1.165, 1.54) is 0 Å². The van der Waals surface area contributed by atoms with Crippen LogP contribution in [0.15, 0.2) is 18.2 Å². The van der Waals surface area contributed by atoms with Crippen molar-refractivity contribution in [3.8, 4) is 11.5 Å². The lowest BCUT2D eigenvalue weighted by molar-refractivity contribution is 0.393. The van der Waals surface area contributed by atoms with Crippen molar-refractivity contribution in [3.05, 3.63) is 23.8 Å². The Morgan fingerprint density at radius 1 is 1.13 bits per heavy atom. The fourth-order valence-electron chi connectivity index (χ4n) is 1.43. The summed E-state index contributed by atoms with van der Waals surface area (Å²) < 4.78 is 10.4. The van der Waals surface area contributed by atoms with E-state index in [0.29, 0.717) is 0 Å². The molecule has 0 bridgehead atoms. The van der Waals surface area contributed by atoms with Crippen LogP contribution >= 0.6 is 0 Å². The van der Waals surface area contributed by atoms with Crippen LogP contribution in [0.4, 0.5) is 0 Å². The molecule has 1 aromatic carbocycles. The summed E-state index contributed by atoms with van der Waals surface area (Å²) in [4.78, 5) is 0. The third kappa shape index (κ3) is 3.44. The Kier molecular flexibility index (Phi) is 4.43. The van der Waals surface area contributed by atoms with E-state index >= 15 is 0 Å². The maximum atomic E-state index is 5.91.